The molecule has 0 atom stereocenters. The maximum atomic E-state index is 12.8. The molecule has 0 aromatic carbocycles. The van der Waals surface area contributed by atoms with Crippen molar-refractivity contribution in [2.24, 2.45) is 0 Å². The minimum absolute atomic E-state index is 0.0662. The van der Waals surface area contributed by atoms with E-state index in [9.17, 15) is 9.59 Å². The molecular weight excluding hydrogens is 404 g/mol. The topological polar surface area (TPSA) is 67.2 Å². The number of hydrogen-bond donors (Lipinski definition) is 1. The van der Waals surface area contributed by atoms with Crippen LogP contribution in [0, 0.1) is 0 Å². The number of nitrogens with one attached hydrogen (secondary N) is 1. The third kappa shape index (κ3) is 5.55. The van der Waals surface area contributed by atoms with Gasteiger partial charge in [0.1, 0.15) is 10.7 Å². The van der Waals surface area contributed by atoms with Gasteiger partial charge in [-0.3, -0.25) is 9.59 Å². The molecule has 0 saturated carbocycles. The monoisotopic (exact) mass is 430 g/mol. The first-order valence-electron chi connectivity index (χ1n) is 9.70. The lowest BCUT2D eigenvalue weighted by molar-refractivity contribution is 0.0744. The van der Waals surface area contributed by atoms with Crippen LogP contribution in [-0.2, 0) is 13.1 Å². The predicted molar refractivity (Wildman–Crippen MR) is 118 cm³/mol. The van der Waals surface area contributed by atoms with E-state index in [0.29, 0.717) is 25.3 Å². The lowest BCUT2D eigenvalue weighted by atomic mass is 10.3. The van der Waals surface area contributed by atoms with E-state index in [0.717, 1.165) is 22.0 Å². The van der Waals surface area contributed by atoms with Gasteiger partial charge < -0.3 is 14.8 Å². The van der Waals surface area contributed by atoms with Crippen LogP contribution in [0.5, 0.6) is 0 Å². The smallest absolute Gasteiger partial charge is 0.270 e. The highest BCUT2D eigenvalue weighted by atomic mass is 32.1. The minimum Gasteiger partial charge on any atom is -0.349 e. The number of carbonyl (C=O) groups excluding carboxylic acids is 2. The molecule has 0 saturated heterocycles. The van der Waals surface area contributed by atoms with Crippen LogP contribution < -0.4 is 5.32 Å². The van der Waals surface area contributed by atoms with Crippen LogP contribution in [-0.4, -0.2) is 38.9 Å². The molecule has 1 N–H and O–H groups in total. The molecule has 0 radical (unpaired) electrons. The van der Waals surface area contributed by atoms with Gasteiger partial charge in [-0.1, -0.05) is 13.0 Å². The molecule has 0 aliphatic rings. The van der Waals surface area contributed by atoms with Crippen molar-refractivity contribution in [3.8, 4) is 0 Å². The number of thiophene rings is 1. The normalized spacial score (nSPS) is 11.0. The Hall–Kier alpha value is -2.45. The largest absolute Gasteiger partial charge is 0.349 e. The Labute approximate surface area is 179 Å². The van der Waals surface area contributed by atoms with Crippen LogP contribution in [0.3, 0.4) is 0 Å². The molecule has 8 heteroatoms. The Morgan fingerprint density at radius 2 is 2.07 bits per heavy atom. The van der Waals surface area contributed by atoms with Gasteiger partial charge in [0.15, 0.2) is 0 Å². The van der Waals surface area contributed by atoms with E-state index in [1.54, 1.807) is 5.38 Å². The molecule has 3 heterocycles. The highest BCUT2D eigenvalue weighted by molar-refractivity contribution is 7.12. The van der Waals surface area contributed by atoms with E-state index >= 15 is 0 Å². The molecule has 0 spiro atoms. The van der Waals surface area contributed by atoms with Crippen molar-refractivity contribution in [3.05, 3.63) is 62.5 Å². The summed E-state index contributed by atoms with van der Waals surface area (Å²) in [5, 5.41) is 7.45. The van der Waals surface area contributed by atoms with E-state index < -0.39 is 0 Å². The molecule has 154 valence electrons. The first-order chi connectivity index (χ1) is 14.0. The molecule has 2 amide bonds. The highest BCUT2D eigenvalue weighted by Crippen LogP contribution is 2.18. The van der Waals surface area contributed by atoms with Gasteiger partial charge in [0.05, 0.1) is 18.0 Å². The second kappa shape index (κ2) is 9.84. The van der Waals surface area contributed by atoms with Crippen LogP contribution in [0.25, 0.3) is 0 Å². The maximum absolute atomic E-state index is 12.8. The summed E-state index contributed by atoms with van der Waals surface area (Å²) in [5.74, 6) is -0.0811. The van der Waals surface area contributed by atoms with E-state index in [1.165, 1.54) is 22.7 Å². The molecule has 0 unspecified atom stereocenters. The van der Waals surface area contributed by atoms with Gasteiger partial charge in [0.2, 0.25) is 0 Å². The Balaban J connectivity index is 1.71. The standard InChI is InChI=1S/C21H26N4O2S2/c1-4-9-25(21(27)18-8-6-11-28-18)12-16-7-5-10-24(16)13-19-23-17(14-29-19)20(26)22-15(2)3/h5-8,10-11,14-15H,4,9,12-13H2,1-3H3,(H,22,26). The maximum Gasteiger partial charge on any atom is 0.270 e. The summed E-state index contributed by atoms with van der Waals surface area (Å²) in [6, 6.07) is 7.86. The summed E-state index contributed by atoms with van der Waals surface area (Å²) in [4.78, 5) is 32.1. The number of nitrogens with zero attached hydrogens (tertiary/aromatic N) is 3. The first-order valence-corrected chi connectivity index (χ1v) is 11.5. The van der Waals surface area contributed by atoms with Crippen molar-refractivity contribution in [1.29, 1.82) is 0 Å². The van der Waals surface area contributed by atoms with Gasteiger partial charge in [0, 0.05) is 29.9 Å². The average molecular weight is 431 g/mol. The van der Waals surface area contributed by atoms with Crippen molar-refractivity contribution >= 4 is 34.5 Å². The van der Waals surface area contributed by atoms with Gasteiger partial charge in [-0.15, -0.1) is 22.7 Å². The SMILES string of the molecule is CCCN(Cc1cccn1Cc1nc(C(=O)NC(C)C)cs1)C(=O)c1cccs1. The fraction of sp³-hybridized carbons (Fsp3) is 0.381. The van der Waals surface area contributed by atoms with Gasteiger partial charge in [-0.05, 0) is 43.8 Å². The molecule has 3 aromatic heterocycles. The van der Waals surface area contributed by atoms with Crippen LogP contribution in [0.1, 0.15) is 58.1 Å². The van der Waals surface area contributed by atoms with Crippen LogP contribution in [0.15, 0.2) is 41.2 Å². The quantitative estimate of drug-likeness (QED) is 0.552. The Morgan fingerprint density at radius 3 is 2.76 bits per heavy atom. The van der Waals surface area contributed by atoms with Gasteiger partial charge in [0.25, 0.3) is 11.8 Å². The minimum atomic E-state index is -0.147. The number of aromatic nitrogens is 2. The Bertz CT molecular complexity index is 944. The van der Waals surface area contributed by atoms with E-state index in [-0.39, 0.29) is 17.9 Å². The molecular formula is C21H26N4O2S2. The molecule has 0 fully saturated rings. The molecule has 0 aliphatic carbocycles. The molecule has 29 heavy (non-hydrogen) atoms. The zero-order valence-electron chi connectivity index (χ0n) is 16.9. The van der Waals surface area contributed by atoms with E-state index in [1.807, 2.05) is 54.6 Å². The molecule has 0 aliphatic heterocycles. The van der Waals surface area contributed by atoms with Crippen molar-refractivity contribution < 1.29 is 9.59 Å². The number of amides is 2. The van der Waals surface area contributed by atoms with Crippen LogP contribution in [0.4, 0.5) is 0 Å². The Kier molecular flexibility index (Phi) is 7.22. The van der Waals surface area contributed by atoms with Crippen molar-refractivity contribution in [2.45, 2.75) is 46.3 Å². The molecule has 6 nitrogen and oxygen atoms in total. The zero-order chi connectivity index (χ0) is 20.8. The lowest BCUT2D eigenvalue weighted by Crippen LogP contribution is -2.31. The zero-order valence-corrected chi connectivity index (χ0v) is 18.6. The number of carbonyl (C=O) groups is 2. The summed E-state index contributed by atoms with van der Waals surface area (Å²) < 4.78 is 2.09. The van der Waals surface area contributed by atoms with Crippen LogP contribution >= 0.6 is 22.7 Å². The second-order valence-corrected chi connectivity index (χ2v) is 8.98. The number of thiazole rings is 1. The van der Waals surface area contributed by atoms with E-state index in [2.05, 4.69) is 21.8 Å². The van der Waals surface area contributed by atoms with Gasteiger partial charge in [-0.2, -0.15) is 0 Å². The molecule has 3 rings (SSSR count). The average Bonchev–Trinajstić information content (AvgIpc) is 3.43. The molecule has 0 bridgehead atoms. The number of rotatable bonds is 9. The predicted octanol–water partition coefficient (Wildman–Crippen LogP) is 4.25. The second-order valence-electron chi connectivity index (χ2n) is 7.09. The number of hydrogen-bond acceptors (Lipinski definition) is 5. The summed E-state index contributed by atoms with van der Waals surface area (Å²) in [6.45, 7) is 7.76. The van der Waals surface area contributed by atoms with Crippen molar-refractivity contribution in [3.63, 3.8) is 0 Å². The first kappa shape index (κ1) is 21.3. The van der Waals surface area contributed by atoms with Crippen LogP contribution in [0.2, 0.25) is 0 Å². The summed E-state index contributed by atoms with van der Waals surface area (Å²) >= 11 is 2.94. The van der Waals surface area contributed by atoms with Crippen molar-refractivity contribution in [2.75, 3.05) is 6.54 Å². The third-order valence-corrected chi connectivity index (χ3v) is 5.99. The summed E-state index contributed by atoms with van der Waals surface area (Å²) in [6.07, 6.45) is 2.89. The van der Waals surface area contributed by atoms with Crippen molar-refractivity contribution in [1.82, 2.24) is 19.8 Å². The summed E-state index contributed by atoms with van der Waals surface area (Å²) in [5.41, 5.74) is 1.50. The Morgan fingerprint density at radius 1 is 1.24 bits per heavy atom. The highest BCUT2D eigenvalue weighted by Gasteiger charge is 2.18. The summed E-state index contributed by atoms with van der Waals surface area (Å²) in [7, 11) is 0. The van der Waals surface area contributed by atoms with Gasteiger partial charge >= 0.3 is 0 Å². The fourth-order valence-corrected chi connectivity index (χ4v) is 4.45. The molecule has 3 aromatic rings. The van der Waals surface area contributed by atoms with Gasteiger partial charge in [-0.25, -0.2) is 4.98 Å². The van der Waals surface area contributed by atoms with E-state index in [4.69, 9.17) is 0 Å². The third-order valence-electron chi connectivity index (χ3n) is 4.30. The fourth-order valence-electron chi connectivity index (χ4n) is 2.99. The lowest BCUT2D eigenvalue weighted by Gasteiger charge is -2.22.